The normalized spacial score (nSPS) is 17.1. The maximum absolute atomic E-state index is 12.1. The largest absolute Gasteiger partial charge is 0.508 e. The number of hydrogen-bond donors (Lipinski definition) is 1. The van der Waals surface area contributed by atoms with Crippen LogP contribution in [0.1, 0.15) is 30.2 Å². The molecule has 0 bridgehead atoms. The number of nitriles is 1. The van der Waals surface area contributed by atoms with E-state index in [1.54, 1.807) is 36.4 Å². The van der Waals surface area contributed by atoms with E-state index < -0.39 is 11.9 Å². The van der Waals surface area contributed by atoms with Crippen LogP contribution in [-0.2, 0) is 4.79 Å². The van der Waals surface area contributed by atoms with Crippen molar-refractivity contribution in [2.75, 3.05) is 0 Å². The van der Waals surface area contributed by atoms with E-state index in [9.17, 15) is 9.90 Å². The third-order valence-electron chi connectivity index (χ3n) is 3.50. The molecule has 0 spiro atoms. The Hall–Kier alpha value is -3.07. The van der Waals surface area contributed by atoms with E-state index in [1.165, 1.54) is 11.3 Å². The van der Waals surface area contributed by atoms with E-state index in [4.69, 9.17) is 9.68 Å². The summed E-state index contributed by atoms with van der Waals surface area (Å²) in [6.07, 6.45) is 1.69. The van der Waals surface area contributed by atoms with Crippen LogP contribution in [0.4, 0.5) is 0 Å². The van der Waals surface area contributed by atoms with E-state index in [-0.39, 0.29) is 12.2 Å². The van der Waals surface area contributed by atoms with Gasteiger partial charge in [-0.25, -0.2) is 5.01 Å². The third-order valence-corrected chi connectivity index (χ3v) is 3.50. The Labute approximate surface area is 126 Å². The molecular weight excluding hydrogens is 282 g/mol. The van der Waals surface area contributed by atoms with Crippen LogP contribution in [0.15, 0.2) is 52.2 Å². The van der Waals surface area contributed by atoms with Crippen molar-refractivity contribution in [1.29, 1.82) is 5.26 Å². The highest BCUT2D eigenvalue weighted by Gasteiger charge is 2.35. The zero-order valence-corrected chi connectivity index (χ0v) is 11.6. The Morgan fingerprint density at radius 3 is 2.91 bits per heavy atom. The van der Waals surface area contributed by atoms with Crippen LogP contribution < -0.4 is 0 Å². The minimum atomic E-state index is -0.442. The number of rotatable bonds is 3. The molecule has 0 radical (unpaired) electrons. The summed E-state index contributed by atoms with van der Waals surface area (Å²) in [7, 11) is 0. The van der Waals surface area contributed by atoms with Gasteiger partial charge >= 0.3 is 0 Å². The molecule has 3 rings (SSSR count). The molecule has 0 unspecified atom stereocenters. The second-order valence-corrected chi connectivity index (χ2v) is 4.88. The van der Waals surface area contributed by atoms with Crippen molar-refractivity contribution in [3.8, 4) is 11.8 Å². The van der Waals surface area contributed by atoms with Gasteiger partial charge in [-0.15, -0.1) is 0 Å². The van der Waals surface area contributed by atoms with Crippen molar-refractivity contribution in [1.82, 2.24) is 5.01 Å². The average Bonchev–Trinajstić information content (AvgIpc) is 3.17. The molecule has 1 aliphatic rings. The molecule has 0 saturated carbocycles. The number of amides is 1. The van der Waals surface area contributed by atoms with Gasteiger partial charge in [-0.3, -0.25) is 4.79 Å². The van der Waals surface area contributed by atoms with Gasteiger partial charge in [-0.2, -0.15) is 10.4 Å². The van der Waals surface area contributed by atoms with Gasteiger partial charge in [-0.1, -0.05) is 18.2 Å². The summed E-state index contributed by atoms with van der Waals surface area (Å²) < 4.78 is 5.32. The van der Waals surface area contributed by atoms with Crippen LogP contribution in [0.5, 0.6) is 5.75 Å². The summed E-state index contributed by atoms with van der Waals surface area (Å²) in [5.41, 5.74) is 1.21. The molecule has 1 aromatic heterocycles. The van der Waals surface area contributed by atoms with Gasteiger partial charge in [0.2, 0.25) is 0 Å². The Bertz CT molecular complexity index is 759. The lowest BCUT2D eigenvalue weighted by Crippen LogP contribution is -2.26. The van der Waals surface area contributed by atoms with Crippen LogP contribution in [0.3, 0.4) is 0 Å². The summed E-state index contributed by atoms with van der Waals surface area (Å²) >= 11 is 0. The molecule has 6 heteroatoms. The molecule has 0 saturated heterocycles. The number of carbonyl (C=O) groups is 1. The zero-order valence-electron chi connectivity index (χ0n) is 11.6. The first-order valence-electron chi connectivity index (χ1n) is 6.79. The number of hydrazone groups is 1. The van der Waals surface area contributed by atoms with Crippen molar-refractivity contribution < 1.29 is 14.3 Å². The van der Waals surface area contributed by atoms with E-state index in [0.717, 1.165) is 0 Å². The van der Waals surface area contributed by atoms with Crippen molar-refractivity contribution in [2.24, 2.45) is 5.10 Å². The topological polar surface area (TPSA) is 89.8 Å². The minimum Gasteiger partial charge on any atom is -0.508 e. The molecule has 0 fully saturated rings. The Morgan fingerprint density at radius 1 is 1.41 bits per heavy atom. The number of nitrogens with zero attached hydrogens (tertiary/aromatic N) is 3. The highest BCUT2D eigenvalue weighted by molar-refractivity contribution is 6.01. The van der Waals surface area contributed by atoms with Gasteiger partial charge in [0.15, 0.2) is 0 Å². The third kappa shape index (κ3) is 2.44. The lowest BCUT2D eigenvalue weighted by molar-refractivity contribution is -0.131. The van der Waals surface area contributed by atoms with Gasteiger partial charge in [0.25, 0.3) is 5.91 Å². The van der Waals surface area contributed by atoms with Gasteiger partial charge in [0.05, 0.1) is 18.4 Å². The quantitative estimate of drug-likeness (QED) is 0.942. The molecule has 1 atom stereocenters. The highest BCUT2D eigenvalue weighted by Crippen LogP contribution is 2.37. The molecule has 2 heterocycles. The number of phenols is 1. The number of hydrogen-bond acceptors (Lipinski definition) is 5. The molecule has 22 heavy (non-hydrogen) atoms. The number of para-hydroxylation sites is 1. The molecule has 1 aromatic carbocycles. The fourth-order valence-corrected chi connectivity index (χ4v) is 2.49. The fraction of sp³-hybridized carbons (Fsp3) is 0.188. The smallest absolute Gasteiger partial charge is 0.257 e. The van der Waals surface area contributed by atoms with Crippen molar-refractivity contribution in [2.45, 2.75) is 18.9 Å². The molecule has 1 amide bonds. The highest BCUT2D eigenvalue weighted by atomic mass is 16.3. The van der Waals surface area contributed by atoms with Crippen molar-refractivity contribution >= 4 is 11.6 Å². The molecule has 110 valence electrons. The Morgan fingerprint density at radius 2 is 2.23 bits per heavy atom. The predicted molar refractivity (Wildman–Crippen MR) is 77.8 cm³/mol. The first-order valence-corrected chi connectivity index (χ1v) is 6.79. The standard InChI is InChI=1S/C16H13N3O3/c17-8-7-16(21)19-13(11-4-1-2-5-14(11)20)10-12(18-19)15-6-3-9-22-15/h1-6,9,13,20H,7,10H2/t13-/m1/s1. The molecule has 0 aliphatic carbocycles. The molecule has 6 nitrogen and oxygen atoms in total. The number of carbonyl (C=O) groups excluding carboxylic acids is 1. The lowest BCUT2D eigenvalue weighted by Gasteiger charge is -2.21. The first-order chi connectivity index (χ1) is 10.7. The fourth-order valence-electron chi connectivity index (χ4n) is 2.49. The van der Waals surface area contributed by atoms with E-state index in [0.29, 0.717) is 23.5 Å². The Kier molecular flexibility index (Phi) is 3.62. The molecule has 1 aliphatic heterocycles. The summed E-state index contributed by atoms with van der Waals surface area (Å²) in [5.74, 6) is 0.267. The van der Waals surface area contributed by atoms with E-state index >= 15 is 0 Å². The van der Waals surface area contributed by atoms with Crippen molar-refractivity contribution in [3.05, 3.63) is 54.0 Å². The molecule has 1 N–H and O–H groups in total. The number of aromatic hydroxyl groups is 1. The minimum absolute atomic E-state index is 0.0955. The SMILES string of the molecule is N#CCC(=O)N1N=C(c2ccco2)C[C@@H]1c1ccccc1O. The lowest BCUT2D eigenvalue weighted by atomic mass is 10.00. The van der Waals surface area contributed by atoms with Crippen LogP contribution in [0.25, 0.3) is 0 Å². The summed E-state index contributed by atoms with van der Waals surface area (Å²) in [4.78, 5) is 12.1. The zero-order chi connectivity index (χ0) is 15.5. The second-order valence-electron chi connectivity index (χ2n) is 4.88. The average molecular weight is 295 g/mol. The molecular formula is C16H13N3O3. The van der Waals surface area contributed by atoms with Crippen molar-refractivity contribution in [3.63, 3.8) is 0 Å². The maximum Gasteiger partial charge on any atom is 0.257 e. The second kappa shape index (κ2) is 5.74. The van der Waals surface area contributed by atoms with E-state index in [1.807, 2.05) is 6.07 Å². The first kappa shape index (κ1) is 13.9. The van der Waals surface area contributed by atoms with Crippen LogP contribution in [-0.4, -0.2) is 21.7 Å². The maximum atomic E-state index is 12.1. The number of phenolic OH excluding ortho intramolecular Hbond substituents is 1. The summed E-state index contributed by atoms with van der Waals surface area (Å²) in [6, 6.07) is 11.7. The monoisotopic (exact) mass is 295 g/mol. The Balaban J connectivity index is 1.98. The van der Waals surface area contributed by atoms with Crippen LogP contribution in [0, 0.1) is 11.3 Å². The summed E-state index contributed by atoms with van der Waals surface area (Å²) in [6.45, 7) is 0. The number of furan rings is 1. The number of benzene rings is 1. The molecule has 2 aromatic rings. The van der Waals surface area contributed by atoms with E-state index in [2.05, 4.69) is 5.10 Å². The van der Waals surface area contributed by atoms with Crippen LogP contribution in [0.2, 0.25) is 0 Å². The van der Waals surface area contributed by atoms with Gasteiger partial charge < -0.3 is 9.52 Å². The summed E-state index contributed by atoms with van der Waals surface area (Å²) in [5, 5.41) is 24.3. The predicted octanol–water partition coefficient (Wildman–Crippen LogP) is 2.58. The van der Waals surface area contributed by atoms with Gasteiger partial charge in [0.1, 0.15) is 23.6 Å². The van der Waals surface area contributed by atoms with Gasteiger partial charge in [-0.05, 0) is 18.2 Å². The van der Waals surface area contributed by atoms with Crippen LogP contribution >= 0.6 is 0 Å². The van der Waals surface area contributed by atoms with Gasteiger partial charge in [0, 0.05) is 12.0 Å².